The van der Waals surface area contributed by atoms with E-state index in [1.807, 2.05) is 12.1 Å². The minimum Gasteiger partial charge on any atom is -0.366 e. The van der Waals surface area contributed by atoms with E-state index in [1.54, 1.807) is 0 Å². The van der Waals surface area contributed by atoms with Gasteiger partial charge in [0, 0.05) is 5.56 Å². The molecule has 1 aromatic rings. The molecule has 2 aliphatic carbocycles. The third-order valence-electron chi connectivity index (χ3n) is 7.68. The fourth-order valence-corrected chi connectivity index (χ4v) is 5.67. The Bertz CT molecular complexity index is 577. The summed E-state index contributed by atoms with van der Waals surface area (Å²) in [5.74, 6) is 3.35. The average molecular weight is 384 g/mol. The Balaban J connectivity index is 1.32. The summed E-state index contributed by atoms with van der Waals surface area (Å²) in [5.41, 5.74) is 7.37. The van der Waals surface area contributed by atoms with E-state index < -0.39 is 0 Å². The quantitative estimate of drug-likeness (QED) is 0.449. The molecule has 0 bridgehead atoms. The van der Waals surface area contributed by atoms with Crippen molar-refractivity contribution in [2.24, 2.45) is 23.5 Å². The first-order valence-corrected chi connectivity index (χ1v) is 12.1. The zero-order valence-electron chi connectivity index (χ0n) is 18.0. The second-order valence-corrected chi connectivity index (χ2v) is 9.66. The van der Waals surface area contributed by atoms with Gasteiger partial charge in [0.05, 0.1) is 0 Å². The Kier molecular flexibility index (Phi) is 8.43. The topological polar surface area (TPSA) is 43.1 Å². The number of rotatable bonds is 9. The zero-order valence-corrected chi connectivity index (χ0v) is 18.0. The predicted octanol–water partition coefficient (Wildman–Crippen LogP) is 7.23. The molecule has 2 nitrogen and oxygen atoms in total. The van der Waals surface area contributed by atoms with Gasteiger partial charge in [-0.25, -0.2) is 0 Å². The minimum atomic E-state index is -0.328. The molecular weight excluding hydrogens is 342 g/mol. The number of unbranched alkanes of at least 4 members (excludes halogenated alkanes) is 2. The van der Waals surface area contributed by atoms with Crippen LogP contribution in [0.3, 0.4) is 0 Å². The Hall–Kier alpha value is -1.31. The van der Waals surface area contributed by atoms with Crippen LogP contribution < -0.4 is 5.73 Å². The first-order valence-electron chi connectivity index (χ1n) is 12.1. The highest BCUT2D eigenvalue weighted by Gasteiger charge is 2.25. The molecule has 0 spiro atoms. The van der Waals surface area contributed by atoms with Crippen molar-refractivity contribution in [3.8, 4) is 0 Å². The van der Waals surface area contributed by atoms with Gasteiger partial charge in [-0.2, -0.15) is 0 Å². The average Bonchev–Trinajstić information content (AvgIpc) is 2.74. The van der Waals surface area contributed by atoms with Crippen LogP contribution in [0.25, 0.3) is 0 Å². The van der Waals surface area contributed by atoms with Crippen molar-refractivity contribution in [1.29, 1.82) is 0 Å². The molecule has 2 fully saturated rings. The summed E-state index contributed by atoms with van der Waals surface area (Å²) in [5, 5.41) is 0. The largest absolute Gasteiger partial charge is 0.366 e. The van der Waals surface area contributed by atoms with Crippen molar-refractivity contribution < 1.29 is 4.79 Å². The van der Waals surface area contributed by atoms with Gasteiger partial charge in [-0.05, 0) is 67.1 Å². The van der Waals surface area contributed by atoms with E-state index in [2.05, 4.69) is 19.1 Å². The van der Waals surface area contributed by atoms with Crippen molar-refractivity contribution in [3.05, 3.63) is 35.4 Å². The van der Waals surface area contributed by atoms with Crippen LogP contribution in [0.1, 0.15) is 119 Å². The van der Waals surface area contributed by atoms with Gasteiger partial charge >= 0.3 is 0 Å². The molecule has 2 saturated carbocycles. The lowest BCUT2D eigenvalue weighted by atomic mass is 9.74. The molecular formula is C26H41NO. The van der Waals surface area contributed by atoms with Crippen LogP contribution in [0.4, 0.5) is 0 Å². The van der Waals surface area contributed by atoms with Gasteiger partial charge in [-0.1, -0.05) is 83.3 Å². The lowest BCUT2D eigenvalue weighted by Gasteiger charge is -2.32. The molecule has 2 heteroatoms. The van der Waals surface area contributed by atoms with Crippen LogP contribution in [0.5, 0.6) is 0 Å². The predicted molar refractivity (Wildman–Crippen MR) is 118 cm³/mol. The summed E-state index contributed by atoms with van der Waals surface area (Å²) >= 11 is 0. The maximum Gasteiger partial charge on any atom is 0.248 e. The van der Waals surface area contributed by atoms with Crippen LogP contribution in [0, 0.1) is 17.8 Å². The monoisotopic (exact) mass is 383 g/mol. The van der Waals surface area contributed by atoms with E-state index in [0.717, 1.165) is 17.8 Å². The summed E-state index contributed by atoms with van der Waals surface area (Å²) in [6.45, 7) is 2.31. The first kappa shape index (κ1) is 21.4. The van der Waals surface area contributed by atoms with Gasteiger partial charge in [-0.3, -0.25) is 4.79 Å². The van der Waals surface area contributed by atoms with E-state index >= 15 is 0 Å². The molecule has 2 aliphatic rings. The molecule has 2 N–H and O–H groups in total. The van der Waals surface area contributed by atoms with Crippen molar-refractivity contribution in [2.45, 2.75) is 103 Å². The van der Waals surface area contributed by atoms with Gasteiger partial charge in [-0.15, -0.1) is 0 Å². The third-order valence-corrected chi connectivity index (χ3v) is 7.68. The highest BCUT2D eigenvalue weighted by Crippen LogP contribution is 2.40. The second kappa shape index (κ2) is 11.0. The number of benzene rings is 1. The molecule has 0 atom stereocenters. The van der Waals surface area contributed by atoms with Crippen LogP contribution in [0.15, 0.2) is 24.3 Å². The number of amides is 1. The maximum absolute atomic E-state index is 11.2. The van der Waals surface area contributed by atoms with Gasteiger partial charge in [0.25, 0.3) is 0 Å². The summed E-state index contributed by atoms with van der Waals surface area (Å²) in [6, 6.07) is 8.01. The summed E-state index contributed by atoms with van der Waals surface area (Å²) in [6.07, 6.45) is 20.1. The molecule has 1 amide bonds. The van der Waals surface area contributed by atoms with E-state index in [4.69, 9.17) is 5.73 Å². The molecule has 0 unspecified atom stereocenters. The minimum absolute atomic E-state index is 0.328. The fraction of sp³-hybridized carbons (Fsp3) is 0.731. The molecule has 0 radical (unpaired) electrons. The van der Waals surface area contributed by atoms with Crippen molar-refractivity contribution in [1.82, 2.24) is 0 Å². The zero-order chi connectivity index (χ0) is 19.8. The van der Waals surface area contributed by atoms with E-state index in [1.165, 1.54) is 95.5 Å². The number of primary amides is 1. The lowest BCUT2D eigenvalue weighted by Crippen LogP contribution is -2.18. The van der Waals surface area contributed by atoms with Gasteiger partial charge < -0.3 is 5.73 Å². The van der Waals surface area contributed by atoms with Crippen LogP contribution >= 0.6 is 0 Å². The van der Waals surface area contributed by atoms with Crippen LogP contribution in [-0.4, -0.2) is 5.91 Å². The molecule has 0 saturated heterocycles. The molecule has 0 aromatic heterocycles. The van der Waals surface area contributed by atoms with Crippen molar-refractivity contribution in [3.63, 3.8) is 0 Å². The van der Waals surface area contributed by atoms with Crippen molar-refractivity contribution in [2.75, 3.05) is 0 Å². The highest BCUT2D eigenvalue weighted by atomic mass is 16.1. The second-order valence-electron chi connectivity index (χ2n) is 9.66. The van der Waals surface area contributed by atoms with Crippen LogP contribution in [0.2, 0.25) is 0 Å². The summed E-state index contributed by atoms with van der Waals surface area (Å²) in [4.78, 5) is 11.2. The summed E-state index contributed by atoms with van der Waals surface area (Å²) in [7, 11) is 0. The Labute approximate surface area is 172 Å². The smallest absolute Gasteiger partial charge is 0.248 e. The lowest BCUT2D eigenvalue weighted by molar-refractivity contribution is 0.100. The van der Waals surface area contributed by atoms with Crippen molar-refractivity contribution >= 4 is 5.91 Å². The van der Waals surface area contributed by atoms with Crippen LogP contribution in [-0.2, 0) is 0 Å². The Morgan fingerprint density at radius 1 is 0.786 bits per heavy atom. The van der Waals surface area contributed by atoms with Gasteiger partial charge in [0.2, 0.25) is 5.91 Å². The first-order chi connectivity index (χ1) is 13.7. The standard InChI is InChI=1S/C26H41NO/c1-2-3-4-5-20-6-8-21(9-7-20)10-11-22-12-14-23(15-13-22)24-16-18-25(19-17-24)26(27)28/h16-23H,2-15H2,1H3,(H2,27,28)/t20-,21-,22-,23-. The number of hydrogen-bond donors (Lipinski definition) is 1. The van der Waals surface area contributed by atoms with Gasteiger partial charge in [0.15, 0.2) is 0 Å². The fourth-order valence-electron chi connectivity index (χ4n) is 5.67. The van der Waals surface area contributed by atoms with E-state index in [9.17, 15) is 4.79 Å². The number of nitrogens with two attached hydrogens (primary N) is 1. The van der Waals surface area contributed by atoms with Gasteiger partial charge in [0.1, 0.15) is 0 Å². The van der Waals surface area contributed by atoms with E-state index in [-0.39, 0.29) is 5.91 Å². The molecule has 0 aliphatic heterocycles. The number of hydrogen-bond acceptors (Lipinski definition) is 1. The molecule has 1 aromatic carbocycles. The highest BCUT2D eigenvalue weighted by molar-refractivity contribution is 5.92. The SMILES string of the molecule is CCCCC[C@H]1CC[C@H](CC[C@H]2CC[C@H](c3ccc(C(N)=O)cc3)CC2)CC1. The molecule has 0 heterocycles. The number of carbonyl (C=O) groups excluding carboxylic acids is 1. The normalized spacial score (nSPS) is 28.2. The Morgan fingerprint density at radius 2 is 1.29 bits per heavy atom. The molecule has 156 valence electrons. The summed E-state index contributed by atoms with van der Waals surface area (Å²) < 4.78 is 0. The Morgan fingerprint density at radius 3 is 1.79 bits per heavy atom. The maximum atomic E-state index is 11.2. The van der Waals surface area contributed by atoms with E-state index in [0.29, 0.717) is 11.5 Å². The third kappa shape index (κ3) is 6.36. The molecule has 28 heavy (non-hydrogen) atoms. The number of carbonyl (C=O) groups is 1. The molecule has 3 rings (SSSR count).